The number of hydrogen-bond acceptors (Lipinski definition) is 2. The second-order valence-electron chi connectivity index (χ2n) is 3.76. The smallest absolute Gasteiger partial charge is 0.228 e. The molecule has 0 aliphatic heterocycles. The number of oxazole rings is 1. The maximum Gasteiger partial charge on any atom is 0.228 e. The summed E-state index contributed by atoms with van der Waals surface area (Å²) in [6.07, 6.45) is 0. The number of halogens is 3. The average molecular weight is 299 g/mol. The molecule has 0 saturated heterocycles. The normalized spacial score (nSPS) is 11.1. The predicted molar refractivity (Wildman–Crippen MR) is 74.5 cm³/mol. The van der Waals surface area contributed by atoms with Crippen molar-refractivity contribution >= 4 is 45.9 Å². The van der Waals surface area contributed by atoms with Crippen LogP contribution in [0.25, 0.3) is 22.6 Å². The first kappa shape index (κ1) is 11.8. The van der Waals surface area contributed by atoms with Gasteiger partial charge >= 0.3 is 0 Å². The molecular weight excluding hydrogens is 293 g/mol. The minimum atomic E-state index is 0.453. The summed E-state index contributed by atoms with van der Waals surface area (Å²) in [5, 5.41) is 1.68. The number of fused-ring (bicyclic) bond motifs is 1. The lowest BCUT2D eigenvalue weighted by Crippen LogP contribution is -1.79. The molecule has 0 bridgehead atoms. The lowest BCUT2D eigenvalue weighted by molar-refractivity contribution is 0.620. The summed E-state index contributed by atoms with van der Waals surface area (Å²) >= 11 is 17.9. The van der Waals surface area contributed by atoms with Gasteiger partial charge in [-0.2, -0.15) is 0 Å². The first-order valence-corrected chi connectivity index (χ1v) is 6.28. The van der Waals surface area contributed by atoms with E-state index < -0.39 is 0 Å². The van der Waals surface area contributed by atoms with Gasteiger partial charge in [-0.05, 0) is 30.3 Å². The van der Waals surface area contributed by atoms with Crippen LogP contribution in [-0.4, -0.2) is 4.98 Å². The highest BCUT2D eigenvalue weighted by Crippen LogP contribution is 2.32. The Balaban J connectivity index is 2.19. The number of rotatable bonds is 1. The second-order valence-corrected chi connectivity index (χ2v) is 5.04. The number of aromatic nitrogens is 1. The monoisotopic (exact) mass is 297 g/mol. The zero-order valence-corrected chi connectivity index (χ0v) is 11.2. The Bertz CT molecular complexity index is 736. The molecule has 2 nitrogen and oxygen atoms in total. The molecule has 0 atom stereocenters. The first-order chi connectivity index (χ1) is 8.63. The van der Waals surface area contributed by atoms with E-state index in [0.29, 0.717) is 32.1 Å². The van der Waals surface area contributed by atoms with Gasteiger partial charge in [-0.1, -0.05) is 34.8 Å². The van der Waals surface area contributed by atoms with Gasteiger partial charge in [-0.25, -0.2) is 4.98 Å². The number of nitrogens with zero attached hydrogens (tertiary/aromatic N) is 1. The molecule has 0 unspecified atom stereocenters. The van der Waals surface area contributed by atoms with Crippen LogP contribution in [-0.2, 0) is 0 Å². The number of hydrogen-bond donors (Lipinski definition) is 0. The molecule has 1 aromatic heterocycles. The average Bonchev–Trinajstić information content (AvgIpc) is 2.71. The third-order valence-electron chi connectivity index (χ3n) is 2.51. The lowest BCUT2D eigenvalue weighted by Gasteiger charge is -1.99. The molecular formula is C13H6Cl3NO. The van der Waals surface area contributed by atoms with Crippen molar-refractivity contribution in [2.24, 2.45) is 0 Å². The molecule has 0 aliphatic carbocycles. The van der Waals surface area contributed by atoms with E-state index in [0.717, 1.165) is 5.52 Å². The SMILES string of the molecule is Clc1ccc(-c2nc3ccc(Cl)cc3o2)c(Cl)c1. The fourth-order valence-electron chi connectivity index (χ4n) is 1.68. The summed E-state index contributed by atoms with van der Waals surface area (Å²) in [7, 11) is 0. The van der Waals surface area contributed by atoms with E-state index in [9.17, 15) is 0 Å². The molecule has 5 heteroatoms. The van der Waals surface area contributed by atoms with Crippen LogP contribution < -0.4 is 0 Å². The molecule has 0 radical (unpaired) electrons. The van der Waals surface area contributed by atoms with Crippen LogP contribution in [0.5, 0.6) is 0 Å². The van der Waals surface area contributed by atoms with E-state index in [4.69, 9.17) is 39.2 Å². The Morgan fingerprint density at radius 2 is 1.61 bits per heavy atom. The van der Waals surface area contributed by atoms with E-state index in [-0.39, 0.29) is 0 Å². The standard InChI is InChI=1S/C13H6Cl3NO/c14-7-1-3-9(10(16)5-7)13-17-11-4-2-8(15)6-12(11)18-13/h1-6H. The van der Waals surface area contributed by atoms with E-state index >= 15 is 0 Å². The fourth-order valence-corrected chi connectivity index (χ4v) is 2.33. The zero-order chi connectivity index (χ0) is 12.7. The maximum atomic E-state index is 6.11. The Kier molecular flexibility index (Phi) is 2.94. The van der Waals surface area contributed by atoms with Gasteiger partial charge in [-0.3, -0.25) is 0 Å². The van der Waals surface area contributed by atoms with Crippen LogP contribution in [0.2, 0.25) is 15.1 Å². The first-order valence-electron chi connectivity index (χ1n) is 5.15. The quantitative estimate of drug-likeness (QED) is 0.596. The van der Waals surface area contributed by atoms with Gasteiger partial charge in [0.05, 0.1) is 10.6 Å². The van der Waals surface area contributed by atoms with Gasteiger partial charge in [0.15, 0.2) is 5.58 Å². The topological polar surface area (TPSA) is 26.0 Å². The molecule has 1 heterocycles. The molecule has 0 aliphatic rings. The van der Waals surface area contributed by atoms with Gasteiger partial charge in [0, 0.05) is 16.1 Å². The van der Waals surface area contributed by atoms with Crippen molar-refractivity contribution in [1.82, 2.24) is 4.98 Å². The summed E-state index contributed by atoms with van der Waals surface area (Å²) in [5.41, 5.74) is 2.07. The highest BCUT2D eigenvalue weighted by molar-refractivity contribution is 6.36. The molecule has 3 aromatic rings. The lowest BCUT2D eigenvalue weighted by atomic mass is 10.2. The van der Waals surface area contributed by atoms with E-state index in [2.05, 4.69) is 4.98 Å². The Morgan fingerprint density at radius 3 is 2.39 bits per heavy atom. The molecule has 2 aromatic carbocycles. The minimum absolute atomic E-state index is 0.453. The molecule has 90 valence electrons. The molecule has 0 spiro atoms. The van der Waals surface area contributed by atoms with Crippen molar-refractivity contribution in [1.29, 1.82) is 0 Å². The molecule has 3 rings (SSSR count). The predicted octanol–water partition coefficient (Wildman–Crippen LogP) is 5.46. The summed E-state index contributed by atoms with van der Waals surface area (Å²) < 4.78 is 5.63. The second kappa shape index (κ2) is 4.47. The van der Waals surface area contributed by atoms with Gasteiger partial charge in [-0.15, -0.1) is 0 Å². The summed E-state index contributed by atoms with van der Waals surface area (Å²) in [6.45, 7) is 0. The summed E-state index contributed by atoms with van der Waals surface area (Å²) in [6, 6.07) is 10.5. The summed E-state index contributed by atoms with van der Waals surface area (Å²) in [5.74, 6) is 0.453. The van der Waals surface area contributed by atoms with Crippen molar-refractivity contribution < 1.29 is 4.42 Å². The van der Waals surface area contributed by atoms with E-state index in [1.54, 1.807) is 36.4 Å². The van der Waals surface area contributed by atoms with Crippen molar-refractivity contribution in [2.45, 2.75) is 0 Å². The number of benzene rings is 2. The Labute approximate surface area is 118 Å². The van der Waals surface area contributed by atoms with Gasteiger partial charge in [0.1, 0.15) is 5.52 Å². The van der Waals surface area contributed by atoms with Crippen molar-refractivity contribution in [3.8, 4) is 11.5 Å². The largest absolute Gasteiger partial charge is 0.436 e. The van der Waals surface area contributed by atoms with E-state index in [1.165, 1.54) is 0 Å². The van der Waals surface area contributed by atoms with Gasteiger partial charge in [0.2, 0.25) is 5.89 Å². The molecule has 0 saturated carbocycles. The Morgan fingerprint density at radius 1 is 0.889 bits per heavy atom. The molecule has 0 amide bonds. The third kappa shape index (κ3) is 2.07. The van der Waals surface area contributed by atoms with Crippen LogP contribution in [0.1, 0.15) is 0 Å². The Hall–Kier alpha value is -1.22. The molecule has 0 fully saturated rings. The van der Waals surface area contributed by atoms with Crippen molar-refractivity contribution in [3.05, 3.63) is 51.5 Å². The van der Waals surface area contributed by atoms with Crippen LogP contribution in [0, 0.1) is 0 Å². The van der Waals surface area contributed by atoms with Crippen LogP contribution >= 0.6 is 34.8 Å². The van der Waals surface area contributed by atoms with Crippen molar-refractivity contribution in [3.63, 3.8) is 0 Å². The van der Waals surface area contributed by atoms with Crippen molar-refractivity contribution in [2.75, 3.05) is 0 Å². The molecule has 0 N–H and O–H groups in total. The third-order valence-corrected chi connectivity index (χ3v) is 3.29. The highest BCUT2D eigenvalue weighted by atomic mass is 35.5. The van der Waals surface area contributed by atoms with Crippen LogP contribution in [0.4, 0.5) is 0 Å². The summed E-state index contributed by atoms with van der Waals surface area (Å²) in [4.78, 5) is 4.36. The molecule has 18 heavy (non-hydrogen) atoms. The highest BCUT2D eigenvalue weighted by Gasteiger charge is 2.12. The fraction of sp³-hybridized carbons (Fsp3) is 0. The van der Waals surface area contributed by atoms with Crippen LogP contribution in [0.15, 0.2) is 40.8 Å². The van der Waals surface area contributed by atoms with Gasteiger partial charge in [0.25, 0.3) is 0 Å². The van der Waals surface area contributed by atoms with E-state index in [1.807, 2.05) is 0 Å². The zero-order valence-electron chi connectivity index (χ0n) is 8.95. The maximum absolute atomic E-state index is 6.11. The van der Waals surface area contributed by atoms with Gasteiger partial charge < -0.3 is 4.42 Å². The van der Waals surface area contributed by atoms with Crippen LogP contribution in [0.3, 0.4) is 0 Å². The minimum Gasteiger partial charge on any atom is -0.436 e.